The Morgan fingerprint density at radius 1 is 1.27 bits per heavy atom. The van der Waals surface area contributed by atoms with Crippen molar-refractivity contribution in [1.82, 2.24) is 4.90 Å². The molecule has 8 heteroatoms. The normalized spacial score (nSPS) is 13.7. The average Bonchev–Trinajstić information content (AvgIpc) is 2.72. The summed E-state index contributed by atoms with van der Waals surface area (Å²) >= 11 is 0. The van der Waals surface area contributed by atoms with E-state index in [0.29, 0.717) is 35.7 Å². The third-order valence-electron chi connectivity index (χ3n) is 4.36. The number of anilines is 1. The Morgan fingerprint density at radius 3 is 2.38 bits per heavy atom. The number of nitriles is 1. The predicted octanol–water partition coefficient (Wildman–Crippen LogP) is 1.88. The molecule has 26 heavy (non-hydrogen) atoms. The van der Waals surface area contributed by atoms with Crippen molar-refractivity contribution in [3.63, 3.8) is 0 Å². The summed E-state index contributed by atoms with van der Waals surface area (Å²) in [6, 6.07) is 7.41. The van der Waals surface area contributed by atoms with Crippen LogP contribution in [0.15, 0.2) is 18.2 Å². The Hall–Kier alpha value is -3.05. The van der Waals surface area contributed by atoms with Crippen LogP contribution in [0.25, 0.3) is 0 Å². The molecule has 0 unspecified atom stereocenters. The second kappa shape index (κ2) is 10.1. The van der Waals surface area contributed by atoms with Gasteiger partial charge in [0.25, 0.3) is 0 Å². The van der Waals surface area contributed by atoms with Crippen LogP contribution < -0.4 is 10.6 Å². The fourth-order valence-corrected chi connectivity index (χ4v) is 3.00. The Kier molecular flexibility index (Phi) is 8.12. The lowest BCUT2D eigenvalue weighted by Crippen LogP contribution is -2.41. The van der Waals surface area contributed by atoms with Crippen LogP contribution >= 0.6 is 0 Å². The molecule has 2 rings (SSSR count). The summed E-state index contributed by atoms with van der Waals surface area (Å²) in [5.41, 5.74) is 6.39. The van der Waals surface area contributed by atoms with Crippen molar-refractivity contribution >= 4 is 29.8 Å². The minimum atomic E-state index is 0.0838. The van der Waals surface area contributed by atoms with E-state index in [1.807, 2.05) is 0 Å². The van der Waals surface area contributed by atoms with Gasteiger partial charge < -0.3 is 20.9 Å². The van der Waals surface area contributed by atoms with E-state index in [9.17, 15) is 5.26 Å². The highest BCUT2D eigenvalue weighted by atomic mass is 15.2. The lowest BCUT2D eigenvalue weighted by molar-refractivity contribution is 0.473. The van der Waals surface area contributed by atoms with E-state index in [1.54, 1.807) is 25.2 Å². The fourth-order valence-electron chi connectivity index (χ4n) is 3.00. The molecule has 0 amide bonds. The van der Waals surface area contributed by atoms with E-state index in [1.165, 1.54) is 11.9 Å². The van der Waals surface area contributed by atoms with Gasteiger partial charge in [0, 0.05) is 37.8 Å². The Balaban J connectivity index is 0.00000163. The molecule has 0 spiro atoms. The van der Waals surface area contributed by atoms with Crippen molar-refractivity contribution in [3.8, 4) is 6.07 Å². The highest BCUT2D eigenvalue weighted by Crippen LogP contribution is 2.30. The van der Waals surface area contributed by atoms with Crippen molar-refractivity contribution in [1.29, 1.82) is 26.9 Å². The quantitative estimate of drug-likeness (QED) is 0.405. The molecule has 8 nitrogen and oxygen atoms in total. The zero-order valence-corrected chi connectivity index (χ0v) is 15.2. The van der Waals surface area contributed by atoms with Crippen molar-refractivity contribution in [3.05, 3.63) is 29.3 Å². The molecule has 0 atom stereocenters. The largest absolute Gasteiger partial charge is 0.370 e. The monoisotopic (exact) mass is 354 g/mol. The minimum absolute atomic E-state index is 0.0838. The summed E-state index contributed by atoms with van der Waals surface area (Å²) in [6.45, 7) is 1.35. The molecule has 1 fully saturated rings. The first-order valence-electron chi connectivity index (χ1n) is 8.30. The average molecular weight is 354 g/mol. The molecule has 0 radical (unpaired) electrons. The van der Waals surface area contributed by atoms with Crippen molar-refractivity contribution in [2.24, 2.45) is 11.7 Å². The van der Waals surface area contributed by atoms with Crippen molar-refractivity contribution < 1.29 is 0 Å². The number of piperidine rings is 1. The number of rotatable bonds is 5. The van der Waals surface area contributed by atoms with Crippen LogP contribution in [0.5, 0.6) is 0 Å². The molecular formula is C18H26N8. The predicted molar refractivity (Wildman–Crippen MR) is 106 cm³/mol. The first kappa shape index (κ1) is 21.0. The van der Waals surface area contributed by atoms with Crippen LogP contribution in [0.2, 0.25) is 0 Å². The molecule has 0 aliphatic carbocycles. The molecule has 1 aliphatic rings. The third kappa shape index (κ3) is 4.52. The maximum absolute atomic E-state index is 9.40. The van der Waals surface area contributed by atoms with Gasteiger partial charge in [0.2, 0.25) is 0 Å². The van der Waals surface area contributed by atoms with Gasteiger partial charge in [-0.05, 0) is 26.0 Å². The van der Waals surface area contributed by atoms with Gasteiger partial charge in [0.15, 0.2) is 0 Å². The van der Waals surface area contributed by atoms with Crippen molar-refractivity contribution in [2.75, 3.05) is 32.1 Å². The molecule has 0 aromatic heterocycles. The lowest BCUT2D eigenvalue weighted by atomic mass is 9.93. The van der Waals surface area contributed by atoms with Crippen molar-refractivity contribution in [2.45, 2.75) is 12.8 Å². The first-order valence-corrected chi connectivity index (χ1v) is 8.30. The topological polar surface area (TPSA) is 152 Å². The summed E-state index contributed by atoms with van der Waals surface area (Å²) in [5.74, 6) is 0.526. The van der Waals surface area contributed by atoms with Gasteiger partial charge in [-0.3, -0.25) is 16.2 Å². The first-order chi connectivity index (χ1) is 12.5. The Morgan fingerprint density at radius 2 is 1.88 bits per heavy atom. The summed E-state index contributed by atoms with van der Waals surface area (Å²) in [5, 5.41) is 40.1. The number of nitrogens with two attached hydrogens (primary N) is 1. The highest BCUT2D eigenvalue weighted by molar-refractivity contribution is 6.37. The standard InChI is InChI=1S/C17H21N7.CH5N/c1-23(11-20)17(22)12-5-7-24(8-6-12)16-13(9-18)3-2-4-14(16)15(21)10-19;1-2/h2-4,10-12,19-22H,5-8H2,1H3;2H2,1H3. The van der Waals surface area contributed by atoms with Crippen LogP contribution in [-0.4, -0.2) is 56.2 Å². The zero-order valence-electron chi connectivity index (χ0n) is 15.2. The molecule has 1 aromatic rings. The zero-order chi connectivity index (χ0) is 19.7. The van der Waals surface area contributed by atoms with E-state index in [2.05, 4.69) is 16.7 Å². The van der Waals surface area contributed by atoms with Gasteiger partial charge in [-0.15, -0.1) is 0 Å². The van der Waals surface area contributed by atoms with E-state index in [0.717, 1.165) is 25.4 Å². The molecule has 1 aliphatic heterocycles. The fraction of sp³-hybridized carbons (Fsp3) is 0.389. The number of nitrogens with one attached hydrogen (secondary N) is 4. The van der Waals surface area contributed by atoms with E-state index < -0.39 is 0 Å². The summed E-state index contributed by atoms with van der Waals surface area (Å²) in [7, 11) is 3.20. The Labute approximate surface area is 154 Å². The number of hydrogen-bond donors (Lipinski definition) is 5. The number of benzene rings is 1. The summed E-state index contributed by atoms with van der Waals surface area (Å²) in [6.07, 6.45) is 3.65. The second-order valence-corrected chi connectivity index (χ2v) is 5.76. The van der Waals surface area contributed by atoms with Gasteiger partial charge in [-0.25, -0.2) is 0 Å². The minimum Gasteiger partial charge on any atom is -0.370 e. The van der Waals surface area contributed by atoms with E-state index in [4.69, 9.17) is 21.6 Å². The molecule has 138 valence electrons. The van der Waals surface area contributed by atoms with Gasteiger partial charge in [0.1, 0.15) is 11.9 Å². The highest BCUT2D eigenvalue weighted by Gasteiger charge is 2.27. The molecular weight excluding hydrogens is 328 g/mol. The van der Waals surface area contributed by atoms with Crippen LogP contribution in [0.4, 0.5) is 5.69 Å². The summed E-state index contributed by atoms with van der Waals surface area (Å²) < 4.78 is 0. The lowest BCUT2D eigenvalue weighted by Gasteiger charge is -2.36. The maximum atomic E-state index is 9.40. The molecule has 0 bridgehead atoms. The molecule has 1 aromatic carbocycles. The summed E-state index contributed by atoms with van der Waals surface area (Å²) in [4.78, 5) is 3.58. The molecule has 1 saturated heterocycles. The Bertz CT molecular complexity index is 710. The smallest absolute Gasteiger partial charge is 0.104 e. The van der Waals surface area contributed by atoms with Crippen LogP contribution in [-0.2, 0) is 0 Å². The number of para-hydroxylation sites is 1. The maximum Gasteiger partial charge on any atom is 0.104 e. The molecule has 6 N–H and O–H groups in total. The van der Waals surface area contributed by atoms with E-state index in [-0.39, 0.29) is 11.6 Å². The number of hydrogen-bond acceptors (Lipinski definition) is 7. The van der Waals surface area contributed by atoms with E-state index >= 15 is 0 Å². The van der Waals surface area contributed by atoms with Gasteiger partial charge in [-0.2, -0.15) is 5.26 Å². The SMILES string of the molecule is CN.CN(C=N)C(=N)C1CCN(c2c(C#N)cccc2C(=N)C=N)CC1. The van der Waals surface area contributed by atoms with Gasteiger partial charge in [0.05, 0.1) is 23.3 Å². The van der Waals surface area contributed by atoms with Crippen LogP contribution in [0, 0.1) is 38.9 Å². The third-order valence-corrected chi connectivity index (χ3v) is 4.36. The van der Waals surface area contributed by atoms with Gasteiger partial charge in [-0.1, -0.05) is 12.1 Å². The molecule has 0 saturated carbocycles. The van der Waals surface area contributed by atoms with Gasteiger partial charge >= 0.3 is 0 Å². The van der Waals surface area contributed by atoms with Crippen LogP contribution in [0.1, 0.15) is 24.0 Å². The van der Waals surface area contributed by atoms with Crippen LogP contribution in [0.3, 0.4) is 0 Å². The molecule has 1 heterocycles. The number of nitrogens with zero attached hydrogens (tertiary/aromatic N) is 3. The number of amidine groups is 1. The second-order valence-electron chi connectivity index (χ2n) is 5.76.